The summed E-state index contributed by atoms with van der Waals surface area (Å²) in [7, 11) is 0. The summed E-state index contributed by atoms with van der Waals surface area (Å²) in [5.41, 5.74) is 6.74. The molecule has 7 heteroatoms. The minimum absolute atomic E-state index is 0.0996. The summed E-state index contributed by atoms with van der Waals surface area (Å²) in [6, 6.07) is 6.25. The molecule has 1 aromatic carbocycles. The normalized spacial score (nSPS) is 10.4. The Morgan fingerprint density at radius 1 is 1.47 bits per heavy atom. The van der Waals surface area contributed by atoms with E-state index in [1.54, 1.807) is 25.1 Å². The molecule has 1 aromatic heterocycles. The van der Waals surface area contributed by atoms with Crippen LogP contribution in [0.1, 0.15) is 17.0 Å². The van der Waals surface area contributed by atoms with Crippen molar-refractivity contribution in [3.05, 3.63) is 51.4 Å². The molecule has 0 bridgehead atoms. The number of nitro benzene ring substituents is 1. The zero-order chi connectivity index (χ0) is 13.8. The van der Waals surface area contributed by atoms with Gasteiger partial charge in [-0.25, -0.2) is 0 Å². The second kappa shape index (κ2) is 5.49. The highest BCUT2D eigenvalue weighted by atomic mass is 16.6. The van der Waals surface area contributed by atoms with Crippen molar-refractivity contribution in [3.63, 3.8) is 0 Å². The molecule has 0 spiro atoms. The molecule has 0 amide bonds. The SMILES string of the molecule is Cc1cc(COc2cc(CN)ccc2[N+](=O)[O-])no1. The molecule has 100 valence electrons. The van der Waals surface area contributed by atoms with Crippen molar-refractivity contribution in [2.75, 3.05) is 0 Å². The van der Waals surface area contributed by atoms with Gasteiger partial charge in [0.2, 0.25) is 0 Å². The predicted molar refractivity (Wildman–Crippen MR) is 66.6 cm³/mol. The van der Waals surface area contributed by atoms with E-state index in [4.69, 9.17) is 15.0 Å². The molecule has 1 heterocycles. The number of aryl methyl sites for hydroxylation is 1. The first kappa shape index (κ1) is 13.0. The zero-order valence-corrected chi connectivity index (χ0v) is 10.3. The van der Waals surface area contributed by atoms with Crippen LogP contribution in [0.4, 0.5) is 5.69 Å². The molecule has 0 aliphatic carbocycles. The molecule has 7 nitrogen and oxygen atoms in total. The molecule has 2 aromatic rings. The molecule has 2 rings (SSSR count). The molecule has 2 N–H and O–H groups in total. The smallest absolute Gasteiger partial charge is 0.310 e. The van der Waals surface area contributed by atoms with Gasteiger partial charge >= 0.3 is 5.69 Å². The first-order valence-electron chi connectivity index (χ1n) is 5.62. The lowest BCUT2D eigenvalue weighted by molar-refractivity contribution is -0.386. The van der Waals surface area contributed by atoms with Crippen LogP contribution in [-0.2, 0) is 13.2 Å². The number of aromatic nitrogens is 1. The van der Waals surface area contributed by atoms with Crippen LogP contribution >= 0.6 is 0 Å². The first-order chi connectivity index (χ1) is 9.10. The highest BCUT2D eigenvalue weighted by Crippen LogP contribution is 2.28. The molecule has 19 heavy (non-hydrogen) atoms. The van der Waals surface area contributed by atoms with Gasteiger partial charge in [0.1, 0.15) is 18.1 Å². The number of benzene rings is 1. The summed E-state index contributed by atoms with van der Waals surface area (Å²) in [4.78, 5) is 10.4. The van der Waals surface area contributed by atoms with Crippen LogP contribution in [0.15, 0.2) is 28.8 Å². The van der Waals surface area contributed by atoms with Crippen LogP contribution in [0, 0.1) is 17.0 Å². The molecular weight excluding hydrogens is 250 g/mol. The Kier molecular flexibility index (Phi) is 3.76. The number of nitro groups is 1. The van der Waals surface area contributed by atoms with E-state index in [1.165, 1.54) is 6.07 Å². The van der Waals surface area contributed by atoms with E-state index in [2.05, 4.69) is 5.16 Å². The van der Waals surface area contributed by atoms with Crippen LogP contribution in [-0.4, -0.2) is 10.1 Å². The molecule has 0 saturated heterocycles. The summed E-state index contributed by atoms with van der Waals surface area (Å²) in [6.07, 6.45) is 0. The number of hydrogen-bond donors (Lipinski definition) is 1. The Labute approximate surface area is 109 Å². The van der Waals surface area contributed by atoms with E-state index in [-0.39, 0.29) is 24.6 Å². The Hall–Kier alpha value is -2.41. The van der Waals surface area contributed by atoms with E-state index >= 15 is 0 Å². The van der Waals surface area contributed by atoms with Crippen LogP contribution in [0.25, 0.3) is 0 Å². The molecule has 0 atom stereocenters. The lowest BCUT2D eigenvalue weighted by atomic mass is 10.2. The van der Waals surface area contributed by atoms with Crippen LogP contribution in [0.5, 0.6) is 5.75 Å². The van der Waals surface area contributed by atoms with E-state index in [1.807, 2.05) is 0 Å². The van der Waals surface area contributed by atoms with E-state index in [0.29, 0.717) is 11.5 Å². The Bertz CT molecular complexity index is 594. The molecule has 0 aliphatic heterocycles. The van der Waals surface area contributed by atoms with Gasteiger partial charge in [-0.05, 0) is 18.6 Å². The standard InChI is InChI=1S/C12H13N3O4/c1-8-4-10(14-19-8)7-18-12-5-9(6-13)2-3-11(12)15(16)17/h2-5H,6-7,13H2,1H3. The van der Waals surface area contributed by atoms with Gasteiger partial charge in [0.05, 0.1) is 4.92 Å². The Morgan fingerprint density at radius 3 is 2.84 bits per heavy atom. The van der Waals surface area contributed by atoms with Crippen molar-refractivity contribution < 1.29 is 14.2 Å². The highest BCUT2D eigenvalue weighted by molar-refractivity contribution is 5.48. The molecule has 0 radical (unpaired) electrons. The van der Waals surface area contributed by atoms with Crippen molar-refractivity contribution in [2.45, 2.75) is 20.1 Å². The molecule has 0 aliphatic rings. The van der Waals surface area contributed by atoms with Crippen molar-refractivity contribution in [2.24, 2.45) is 5.73 Å². The van der Waals surface area contributed by atoms with Crippen molar-refractivity contribution in [3.8, 4) is 5.75 Å². The number of nitrogens with zero attached hydrogens (tertiary/aromatic N) is 2. The van der Waals surface area contributed by atoms with Gasteiger partial charge in [0, 0.05) is 18.7 Å². The van der Waals surface area contributed by atoms with Crippen molar-refractivity contribution >= 4 is 5.69 Å². The Balaban J connectivity index is 2.19. The zero-order valence-electron chi connectivity index (χ0n) is 10.3. The quantitative estimate of drug-likeness (QED) is 0.652. The fourth-order valence-electron chi connectivity index (χ4n) is 1.59. The van der Waals surface area contributed by atoms with Gasteiger partial charge in [-0.2, -0.15) is 0 Å². The third kappa shape index (κ3) is 3.08. The summed E-state index contributed by atoms with van der Waals surface area (Å²) in [5.74, 6) is 0.831. The van der Waals surface area contributed by atoms with Crippen LogP contribution < -0.4 is 10.5 Å². The second-order valence-electron chi connectivity index (χ2n) is 3.98. The van der Waals surface area contributed by atoms with Gasteiger partial charge in [0.25, 0.3) is 0 Å². The maximum atomic E-state index is 10.9. The topological polar surface area (TPSA) is 104 Å². The van der Waals surface area contributed by atoms with Gasteiger partial charge in [-0.15, -0.1) is 0 Å². The summed E-state index contributed by atoms with van der Waals surface area (Å²) < 4.78 is 10.3. The number of nitrogens with two attached hydrogens (primary N) is 1. The van der Waals surface area contributed by atoms with E-state index in [9.17, 15) is 10.1 Å². The number of hydrogen-bond acceptors (Lipinski definition) is 6. The molecule has 0 unspecified atom stereocenters. The maximum absolute atomic E-state index is 10.9. The van der Waals surface area contributed by atoms with Crippen LogP contribution in [0.3, 0.4) is 0 Å². The van der Waals surface area contributed by atoms with Crippen molar-refractivity contribution in [1.82, 2.24) is 5.16 Å². The summed E-state index contributed by atoms with van der Waals surface area (Å²) >= 11 is 0. The minimum atomic E-state index is -0.496. The second-order valence-corrected chi connectivity index (χ2v) is 3.98. The van der Waals surface area contributed by atoms with Gasteiger partial charge < -0.3 is 15.0 Å². The molecule has 0 fully saturated rings. The highest BCUT2D eigenvalue weighted by Gasteiger charge is 2.16. The van der Waals surface area contributed by atoms with E-state index in [0.717, 1.165) is 5.56 Å². The average molecular weight is 263 g/mol. The number of rotatable bonds is 5. The fraction of sp³-hybridized carbons (Fsp3) is 0.250. The van der Waals surface area contributed by atoms with Gasteiger partial charge in [0.15, 0.2) is 5.75 Å². The third-order valence-corrected chi connectivity index (χ3v) is 2.51. The van der Waals surface area contributed by atoms with Gasteiger partial charge in [-0.3, -0.25) is 10.1 Å². The maximum Gasteiger partial charge on any atom is 0.310 e. The lowest BCUT2D eigenvalue weighted by Gasteiger charge is -2.06. The molecular formula is C12H13N3O4. The van der Waals surface area contributed by atoms with E-state index < -0.39 is 4.92 Å². The molecule has 0 saturated carbocycles. The minimum Gasteiger partial charge on any atom is -0.480 e. The van der Waals surface area contributed by atoms with Crippen LogP contribution in [0.2, 0.25) is 0 Å². The van der Waals surface area contributed by atoms with Crippen molar-refractivity contribution in [1.29, 1.82) is 0 Å². The predicted octanol–water partition coefficient (Wildman–Crippen LogP) is 1.93. The summed E-state index contributed by atoms with van der Waals surface area (Å²) in [6.45, 7) is 2.15. The largest absolute Gasteiger partial charge is 0.480 e. The third-order valence-electron chi connectivity index (χ3n) is 2.51. The fourth-order valence-corrected chi connectivity index (χ4v) is 1.59. The average Bonchev–Trinajstić information content (AvgIpc) is 2.81. The van der Waals surface area contributed by atoms with Gasteiger partial charge in [-0.1, -0.05) is 11.2 Å². The monoisotopic (exact) mass is 263 g/mol. The Morgan fingerprint density at radius 2 is 2.26 bits per heavy atom. The first-order valence-corrected chi connectivity index (χ1v) is 5.62. The number of ether oxygens (including phenoxy) is 1. The summed E-state index contributed by atoms with van der Waals surface area (Å²) in [5, 5.41) is 14.7. The lowest BCUT2D eigenvalue weighted by Crippen LogP contribution is -2.02.